The third-order valence-electron chi connectivity index (χ3n) is 2.63. The molecular formula is C11H15N3O3. The fourth-order valence-corrected chi connectivity index (χ4v) is 1.55. The van der Waals surface area contributed by atoms with Gasteiger partial charge in [-0.1, -0.05) is 0 Å². The summed E-state index contributed by atoms with van der Waals surface area (Å²) in [5.41, 5.74) is -0.135. The van der Waals surface area contributed by atoms with Gasteiger partial charge in [0.2, 0.25) is 11.8 Å². The molecule has 1 aromatic rings. The first-order chi connectivity index (χ1) is 8.05. The highest BCUT2D eigenvalue weighted by atomic mass is 16.5. The molecular weight excluding hydrogens is 222 g/mol. The van der Waals surface area contributed by atoms with Gasteiger partial charge >= 0.3 is 5.97 Å². The fourth-order valence-electron chi connectivity index (χ4n) is 1.55. The van der Waals surface area contributed by atoms with Crippen LogP contribution in [0.4, 0.5) is 5.95 Å². The highest BCUT2D eigenvalue weighted by Gasteiger charge is 2.51. The Morgan fingerprint density at radius 2 is 2.29 bits per heavy atom. The van der Waals surface area contributed by atoms with Gasteiger partial charge < -0.3 is 15.2 Å². The molecule has 0 saturated heterocycles. The third-order valence-corrected chi connectivity index (χ3v) is 2.63. The molecule has 0 unspecified atom stereocenters. The topological polar surface area (TPSA) is 84.3 Å². The summed E-state index contributed by atoms with van der Waals surface area (Å²) in [7, 11) is 0. The maximum Gasteiger partial charge on any atom is 0.329 e. The molecule has 1 aliphatic carbocycles. The van der Waals surface area contributed by atoms with E-state index >= 15 is 0 Å². The van der Waals surface area contributed by atoms with Crippen LogP contribution >= 0.6 is 0 Å². The molecule has 1 heterocycles. The Morgan fingerprint density at radius 1 is 1.59 bits per heavy atom. The van der Waals surface area contributed by atoms with Crippen LogP contribution in [0, 0.1) is 6.92 Å². The van der Waals surface area contributed by atoms with Crippen molar-refractivity contribution in [2.24, 2.45) is 0 Å². The fraction of sp³-hybridized carbons (Fsp3) is 0.545. The summed E-state index contributed by atoms with van der Waals surface area (Å²) in [4.78, 5) is 19.3. The summed E-state index contributed by atoms with van der Waals surface area (Å²) in [6.07, 6.45) is 1.20. The minimum absolute atomic E-state index is 0.313. The molecule has 1 saturated carbocycles. The SMILES string of the molecule is CCOc1cc(C)nc(NC2(C(=O)O)CC2)n1. The van der Waals surface area contributed by atoms with E-state index in [9.17, 15) is 4.79 Å². The molecule has 6 nitrogen and oxygen atoms in total. The molecule has 6 heteroatoms. The molecule has 2 rings (SSSR count). The van der Waals surface area contributed by atoms with Gasteiger partial charge in [-0.2, -0.15) is 4.98 Å². The van der Waals surface area contributed by atoms with E-state index in [1.165, 1.54) is 0 Å². The average Bonchev–Trinajstić information content (AvgIpc) is 2.98. The van der Waals surface area contributed by atoms with Crippen LogP contribution in [0.5, 0.6) is 5.88 Å². The summed E-state index contributed by atoms with van der Waals surface area (Å²) in [5.74, 6) is -0.0856. The Morgan fingerprint density at radius 3 is 2.82 bits per heavy atom. The normalized spacial score (nSPS) is 16.4. The number of nitrogens with zero attached hydrogens (tertiary/aromatic N) is 2. The van der Waals surface area contributed by atoms with Crippen molar-refractivity contribution in [3.05, 3.63) is 11.8 Å². The quantitative estimate of drug-likeness (QED) is 0.800. The van der Waals surface area contributed by atoms with E-state index in [0.717, 1.165) is 5.69 Å². The summed E-state index contributed by atoms with van der Waals surface area (Å²) < 4.78 is 5.28. The summed E-state index contributed by atoms with van der Waals surface area (Å²) in [6.45, 7) is 4.19. The van der Waals surface area contributed by atoms with E-state index in [1.54, 1.807) is 6.07 Å². The first-order valence-electron chi connectivity index (χ1n) is 5.56. The van der Waals surface area contributed by atoms with Crippen LogP contribution in [-0.2, 0) is 4.79 Å². The lowest BCUT2D eigenvalue weighted by Gasteiger charge is -2.13. The predicted octanol–water partition coefficient (Wildman–Crippen LogP) is 1.21. The van der Waals surface area contributed by atoms with Crippen molar-refractivity contribution in [1.29, 1.82) is 0 Å². The number of carboxylic acid groups (broad SMARTS) is 1. The third kappa shape index (κ3) is 2.46. The molecule has 0 amide bonds. The molecule has 1 aliphatic rings. The lowest BCUT2D eigenvalue weighted by Crippen LogP contribution is -2.32. The van der Waals surface area contributed by atoms with Crippen molar-refractivity contribution in [3.63, 3.8) is 0 Å². The van der Waals surface area contributed by atoms with Gasteiger partial charge in [-0.05, 0) is 26.7 Å². The number of aliphatic carboxylic acids is 1. The Balaban J connectivity index is 2.18. The Labute approximate surface area is 99.0 Å². The number of hydrogen-bond acceptors (Lipinski definition) is 5. The van der Waals surface area contributed by atoms with E-state index in [1.807, 2.05) is 13.8 Å². The van der Waals surface area contributed by atoms with Gasteiger partial charge in [0.1, 0.15) is 5.54 Å². The molecule has 2 N–H and O–H groups in total. The van der Waals surface area contributed by atoms with Crippen LogP contribution < -0.4 is 10.1 Å². The average molecular weight is 237 g/mol. The van der Waals surface area contributed by atoms with Gasteiger partial charge in [0.25, 0.3) is 0 Å². The monoisotopic (exact) mass is 237 g/mol. The van der Waals surface area contributed by atoms with Crippen molar-refractivity contribution in [2.75, 3.05) is 11.9 Å². The first-order valence-corrected chi connectivity index (χ1v) is 5.56. The van der Waals surface area contributed by atoms with Crippen molar-refractivity contribution in [2.45, 2.75) is 32.2 Å². The van der Waals surface area contributed by atoms with Crippen LogP contribution in [0.1, 0.15) is 25.5 Å². The second-order valence-electron chi connectivity index (χ2n) is 4.12. The van der Waals surface area contributed by atoms with E-state index < -0.39 is 11.5 Å². The van der Waals surface area contributed by atoms with Gasteiger partial charge in [0.15, 0.2) is 0 Å². The Kier molecular flexibility index (Phi) is 2.87. The molecule has 0 radical (unpaired) electrons. The van der Waals surface area contributed by atoms with E-state index in [0.29, 0.717) is 31.3 Å². The first kappa shape index (κ1) is 11.6. The molecule has 0 aromatic carbocycles. The van der Waals surface area contributed by atoms with Crippen molar-refractivity contribution in [1.82, 2.24) is 9.97 Å². The standard InChI is InChI=1S/C11H15N3O3/c1-3-17-8-6-7(2)12-10(13-8)14-11(4-5-11)9(15)16/h6H,3-5H2,1-2H3,(H,15,16)(H,12,13,14). The number of aryl methyl sites for hydroxylation is 1. The lowest BCUT2D eigenvalue weighted by molar-refractivity contribution is -0.138. The summed E-state index contributed by atoms with van der Waals surface area (Å²) in [5, 5.41) is 11.9. The molecule has 0 aliphatic heterocycles. The number of ether oxygens (including phenoxy) is 1. The second-order valence-corrected chi connectivity index (χ2v) is 4.12. The number of nitrogens with one attached hydrogen (secondary N) is 1. The molecule has 0 atom stereocenters. The number of anilines is 1. The van der Waals surface area contributed by atoms with Gasteiger partial charge in [0, 0.05) is 11.8 Å². The van der Waals surface area contributed by atoms with Gasteiger partial charge in [0.05, 0.1) is 6.61 Å². The van der Waals surface area contributed by atoms with Crippen molar-refractivity contribution >= 4 is 11.9 Å². The van der Waals surface area contributed by atoms with Crippen LogP contribution in [0.15, 0.2) is 6.07 Å². The largest absolute Gasteiger partial charge is 0.480 e. The Hall–Kier alpha value is -1.85. The molecule has 1 aromatic heterocycles. The van der Waals surface area contributed by atoms with Crippen LogP contribution in [0.2, 0.25) is 0 Å². The number of carbonyl (C=O) groups is 1. The van der Waals surface area contributed by atoms with Gasteiger partial charge in [-0.15, -0.1) is 0 Å². The van der Waals surface area contributed by atoms with Gasteiger partial charge in [-0.25, -0.2) is 9.78 Å². The maximum atomic E-state index is 11.0. The minimum Gasteiger partial charge on any atom is -0.480 e. The molecule has 0 bridgehead atoms. The molecule has 0 spiro atoms. The zero-order valence-electron chi connectivity index (χ0n) is 9.86. The predicted molar refractivity (Wildman–Crippen MR) is 61.2 cm³/mol. The van der Waals surface area contributed by atoms with Crippen molar-refractivity contribution < 1.29 is 14.6 Å². The minimum atomic E-state index is -0.878. The highest BCUT2D eigenvalue weighted by Crippen LogP contribution is 2.38. The maximum absolute atomic E-state index is 11.0. The van der Waals surface area contributed by atoms with E-state index in [2.05, 4.69) is 15.3 Å². The van der Waals surface area contributed by atoms with Gasteiger partial charge in [-0.3, -0.25) is 0 Å². The van der Waals surface area contributed by atoms with Crippen molar-refractivity contribution in [3.8, 4) is 5.88 Å². The van der Waals surface area contributed by atoms with Crippen LogP contribution in [-0.4, -0.2) is 33.2 Å². The Bertz CT molecular complexity index is 444. The molecule has 92 valence electrons. The zero-order valence-corrected chi connectivity index (χ0v) is 9.86. The molecule has 1 fully saturated rings. The summed E-state index contributed by atoms with van der Waals surface area (Å²) >= 11 is 0. The number of aromatic nitrogens is 2. The highest BCUT2D eigenvalue weighted by molar-refractivity contribution is 5.85. The number of carboxylic acids is 1. The number of rotatable bonds is 5. The lowest BCUT2D eigenvalue weighted by atomic mass is 10.3. The smallest absolute Gasteiger partial charge is 0.329 e. The molecule has 17 heavy (non-hydrogen) atoms. The van der Waals surface area contributed by atoms with Crippen LogP contribution in [0.25, 0.3) is 0 Å². The summed E-state index contributed by atoms with van der Waals surface area (Å²) in [6, 6.07) is 1.72. The zero-order chi connectivity index (χ0) is 12.5. The van der Waals surface area contributed by atoms with E-state index in [4.69, 9.17) is 9.84 Å². The van der Waals surface area contributed by atoms with E-state index in [-0.39, 0.29) is 0 Å². The second kappa shape index (κ2) is 4.20. The number of hydrogen-bond donors (Lipinski definition) is 2. The van der Waals surface area contributed by atoms with Crippen LogP contribution in [0.3, 0.4) is 0 Å².